The summed E-state index contributed by atoms with van der Waals surface area (Å²) in [5, 5.41) is 0. The smallest absolute Gasteiger partial charge is 0.123 e. The third-order valence-electron chi connectivity index (χ3n) is 3.80. The van der Waals surface area contributed by atoms with Gasteiger partial charge in [-0.15, -0.1) is 0 Å². The number of likely N-dealkylation sites (N-methyl/N-ethyl adjacent to an activating group) is 2. The van der Waals surface area contributed by atoms with Gasteiger partial charge in [0, 0.05) is 39.0 Å². The van der Waals surface area contributed by atoms with Crippen LogP contribution in [0.3, 0.4) is 0 Å². The number of pyridine rings is 1. The first kappa shape index (κ1) is 14.2. The maximum absolute atomic E-state index is 5.70. The second-order valence-electron chi connectivity index (χ2n) is 5.47. The number of nitrogens with zero attached hydrogens (tertiary/aromatic N) is 3. The number of aromatic nitrogens is 1. The Morgan fingerprint density at radius 1 is 1.58 bits per heavy atom. The molecule has 5 nitrogen and oxygen atoms in total. The van der Waals surface area contributed by atoms with E-state index in [1.54, 1.807) is 13.3 Å². The van der Waals surface area contributed by atoms with Crippen LogP contribution in [0.1, 0.15) is 12.0 Å². The second kappa shape index (κ2) is 6.32. The van der Waals surface area contributed by atoms with Gasteiger partial charge in [0.2, 0.25) is 0 Å². The summed E-state index contributed by atoms with van der Waals surface area (Å²) in [5.74, 6) is 0.586. The molecule has 5 heteroatoms. The monoisotopic (exact) mass is 264 g/mol. The molecule has 2 heterocycles. The second-order valence-corrected chi connectivity index (χ2v) is 5.47. The van der Waals surface area contributed by atoms with Crippen LogP contribution in [0.5, 0.6) is 0 Å². The highest BCUT2D eigenvalue weighted by molar-refractivity contribution is 5.31. The summed E-state index contributed by atoms with van der Waals surface area (Å²) in [4.78, 5) is 8.73. The molecule has 0 radical (unpaired) electrons. The van der Waals surface area contributed by atoms with Gasteiger partial charge in [-0.1, -0.05) is 0 Å². The Balaban J connectivity index is 1.86. The number of anilines is 1. The van der Waals surface area contributed by atoms with Crippen molar-refractivity contribution in [3.63, 3.8) is 0 Å². The van der Waals surface area contributed by atoms with Crippen LogP contribution >= 0.6 is 0 Å². The highest BCUT2D eigenvalue weighted by atomic mass is 16.5. The van der Waals surface area contributed by atoms with Gasteiger partial charge in [0.1, 0.15) is 5.82 Å². The quantitative estimate of drug-likeness (QED) is 0.853. The molecule has 1 aromatic rings. The molecular weight excluding hydrogens is 240 g/mol. The number of ether oxygens (including phenoxy) is 1. The van der Waals surface area contributed by atoms with E-state index in [1.165, 1.54) is 5.56 Å². The Morgan fingerprint density at radius 3 is 3.00 bits per heavy atom. The van der Waals surface area contributed by atoms with E-state index in [1.807, 2.05) is 12.1 Å². The lowest BCUT2D eigenvalue weighted by atomic mass is 10.1. The van der Waals surface area contributed by atoms with Gasteiger partial charge in [0.05, 0.1) is 6.10 Å². The summed E-state index contributed by atoms with van der Waals surface area (Å²) in [6.45, 7) is 2.96. The maximum atomic E-state index is 5.70. The summed E-state index contributed by atoms with van der Waals surface area (Å²) in [5.41, 5.74) is 6.91. The highest BCUT2D eigenvalue weighted by Gasteiger charge is 2.29. The molecule has 19 heavy (non-hydrogen) atoms. The molecule has 0 bridgehead atoms. The van der Waals surface area contributed by atoms with Gasteiger partial charge >= 0.3 is 0 Å². The lowest BCUT2D eigenvalue weighted by Crippen LogP contribution is -2.36. The van der Waals surface area contributed by atoms with Crippen molar-refractivity contribution in [3.8, 4) is 0 Å². The average Bonchev–Trinajstić information content (AvgIpc) is 2.70. The van der Waals surface area contributed by atoms with E-state index >= 15 is 0 Å². The SMILES string of the molecule is CO[C@H]1C[C@@H](CN(C)Cc2ccnc(N)c2)N(C)C1. The van der Waals surface area contributed by atoms with E-state index in [0.717, 1.165) is 26.1 Å². The van der Waals surface area contributed by atoms with Crippen molar-refractivity contribution < 1.29 is 4.74 Å². The number of methoxy groups -OCH3 is 1. The van der Waals surface area contributed by atoms with Crippen molar-refractivity contribution in [2.45, 2.75) is 25.1 Å². The summed E-state index contributed by atoms with van der Waals surface area (Å²) in [6.07, 6.45) is 3.25. The molecule has 1 aliphatic heterocycles. The Hall–Kier alpha value is -1.17. The van der Waals surface area contributed by atoms with Crippen molar-refractivity contribution in [2.24, 2.45) is 0 Å². The number of likely N-dealkylation sites (tertiary alicyclic amines) is 1. The zero-order chi connectivity index (χ0) is 13.8. The lowest BCUT2D eigenvalue weighted by Gasteiger charge is -2.25. The van der Waals surface area contributed by atoms with E-state index < -0.39 is 0 Å². The fourth-order valence-corrected chi connectivity index (χ4v) is 2.74. The van der Waals surface area contributed by atoms with Crippen LogP contribution in [0, 0.1) is 0 Å². The van der Waals surface area contributed by atoms with E-state index in [9.17, 15) is 0 Å². The predicted octanol–water partition coefficient (Wildman–Crippen LogP) is 0.815. The Labute approximate surface area is 115 Å². The summed E-state index contributed by atoms with van der Waals surface area (Å²) < 4.78 is 5.44. The Bertz CT molecular complexity index is 412. The molecule has 2 rings (SSSR count). The van der Waals surface area contributed by atoms with E-state index in [2.05, 4.69) is 28.9 Å². The van der Waals surface area contributed by atoms with Crippen LogP contribution in [0.15, 0.2) is 18.3 Å². The molecule has 1 aliphatic rings. The van der Waals surface area contributed by atoms with Crippen molar-refractivity contribution in [3.05, 3.63) is 23.9 Å². The molecule has 0 spiro atoms. The van der Waals surface area contributed by atoms with Gasteiger partial charge in [-0.3, -0.25) is 4.90 Å². The molecule has 2 N–H and O–H groups in total. The largest absolute Gasteiger partial charge is 0.384 e. The summed E-state index contributed by atoms with van der Waals surface area (Å²) >= 11 is 0. The third-order valence-corrected chi connectivity index (χ3v) is 3.80. The Morgan fingerprint density at radius 2 is 2.37 bits per heavy atom. The minimum Gasteiger partial charge on any atom is -0.384 e. The zero-order valence-electron chi connectivity index (χ0n) is 12.0. The zero-order valence-corrected chi connectivity index (χ0v) is 12.0. The number of hydrogen-bond donors (Lipinski definition) is 1. The molecule has 1 saturated heterocycles. The molecule has 106 valence electrons. The van der Waals surface area contributed by atoms with Crippen molar-refractivity contribution >= 4 is 5.82 Å². The Kier molecular flexibility index (Phi) is 4.74. The molecule has 0 aromatic carbocycles. The lowest BCUT2D eigenvalue weighted by molar-refractivity contribution is 0.111. The van der Waals surface area contributed by atoms with Gasteiger partial charge in [0.15, 0.2) is 0 Å². The van der Waals surface area contributed by atoms with E-state index in [0.29, 0.717) is 18.0 Å². The molecule has 1 fully saturated rings. The first-order valence-electron chi connectivity index (χ1n) is 6.70. The van der Waals surface area contributed by atoms with Gasteiger partial charge in [-0.2, -0.15) is 0 Å². The minimum atomic E-state index is 0.375. The number of rotatable bonds is 5. The van der Waals surface area contributed by atoms with Gasteiger partial charge in [-0.05, 0) is 38.2 Å². The highest BCUT2D eigenvalue weighted by Crippen LogP contribution is 2.19. The van der Waals surface area contributed by atoms with Crippen LogP contribution in [-0.4, -0.2) is 61.2 Å². The van der Waals surface area contributed by atoms with Crippen molar-refractivity contribution in [2.75, 3.05) is 40.0 Å². The van der Waals surface area contributed by atoms with Crippen LogP contribution in [-0.2, 0) is 11.3 Å². The molecule has 0 aliphatic carbocycles. The maximum Gasteiger partial charge on any atom is 0.123 e. The first-order chi connectivity index (χ1) is 9.08. The van der Waals surface area contributed by atoms with Crippen molar-refractivity contribution in [1.29, 1.82) is 0 Å². The fraction of sp³-hybridized carbons (Fsp3) is 0.643. The predicted molar refractivity (Wildman–Crippen MR) is 76.8 cm³/mol. The van der Waals surface area contributed by atoms with E-state index in [4.69, 9.17) is 10.5 Å². The van der Waals surface area contributed by atoms with Crippen LogP contribution in [0.2, 0.25) is 0 Å². The molecule has 0 amide bonds. The van der Waals surface area contributed by atoms with Gasteiger partial charge in [-0.25, -0.2) is 4.98 Å². The van der Waals surface area contributed by atoms with E-state index in [-0.39, 0.29) is 0 Å². The third kappa shape index (κ3) is 3.89. The molecule has 0 saturated carbocycles. The van der Waals surface area contributed by atoms with Crippen LogP contribution in [0.25, 0.3) is 0 Å². The first-order valence-corrected chi connectivity index (χ1v) is 6.70. The van der Waals surface area contributed by atoms with Gasteiger partial charge < -0.3 is 15.4 Å². The fourth-order valence-electron chi connectivity index (χ4n) is 2.74. The molecule has 1 aromatic heterocycles. The van der Waals surface area contributed by atoms with Crippen LogP contribution in [0.4, 0.5) is 5.82 Å². The number of nitrogens with two attached hydrogens (primary N) is 1. The summed E-state index contributed by atoms with van der Waals surface area (Å²) in [6, 6.07) is 4.52. The topological polar surface area (TPSA) is 54.6 Å². The number of nitrogen functional groups attached to an aromatic ring is 1. The van der Waals surface area contributed by atoms with Crippen molar-refractivity contribution in [1.82, 2.24) is 14.8 Å². The summed E-state index contributed by atoms with van der Waals surface area (Å²) in [7, 11) is 6.11. The average molecular weight is 264 g/mol. The van der Waals surface area contributed by atoms with Gasteiger partial charge in [0.25, 0.3) is 0 Å². The minimum absolute atomic E-state index is 0.375. The molecule has 2 atom stereocenters. The molecular formula is C14H24N4O. The standard InChI is InChI=1S/C14H24N4O/c1-17(8-11-4-5-16-14(15)6-11)9-12-7-13(19-3)10-18(12)2/h4-6,12-13H,7-10H2,1-3H3,(H2,15,16)/t12-,13-/m0/s1. The normalized spacial score (nSPS) is 24.2. The molecule has 0 unspecified atom stereocenters. The number of hydrogen-bond acceptors (Lipinski definition) is 5. The van der Waals surface area contributed by atoms with Crippen LogP contribution < -0.4 is 5.73 Å².